The summed E-state index contributed by atoms with van der Waals surface area (Å²) < 4.78 is 7.85. The number of nitrogens with zero attached hydrogens (tertiary/aromatic N) is 1. The number of ether oxygens (including phenoxy) is 1. The Labute approximate surface area is 150 Å². The van der Waals surface area contributed by atoms with Gasteiger partial charge in [0, 0.05) is 37.3 Å². The SMILES string of the molecule is Cc1[nH]c2c(=O)n(C)c(COCC[Si](C)(C)C)c(Br)c2c1C(=O)O. The summed E-state index contributed by atoms with van der Waals surface area (Å²) in [6, 6.07) is 1.03. The molecule has 6 nitrogen and oxygen atoms in total. The van der Waals surface area contributed by atoms with E-state index in [-0.39, 0.29) is 17.7 Å². The molecule has 0 amide bonds. The third-order valence-electron chi connectivity index (χ3n) is 4.03. The average molecular weight is 415 g/mol. The second kappa shape index (κ2) is 6.85. The van der Waals surface area contributed by atoms with Crippen LogP contribution in [-0.4, -0.2) is 35.3 Å². The lowest BCUT2D eigenvalue weighted by atomic mass is 10.1. The molecule has 0 saturated carbocycles. The standard InChI is InChI=1S/C16H23BrN2O4Si/c1-9-11(16(21)22)12-13(17)10(8-23-6-7-24(3,4)5)19(2)15(20)14(12)18-9/h18H,6-8H2,1-5H3,(H,21,22). The highest BCUT2D eigenvalue weighted by Crippen LogP contribution is 2.30. The molecule has 24 heavy (non-hydrogen) atoms. The zero-order valence-electron chi connectivity index (χ0n) is 14.6. The van der Waals surface area contributed by atoms with Crippen LogP contribution in [0.3, 0.4) is 0 Å². The van der Waals surface area contributed by atoms with Gasteiger partial charge < -0.3 is 19.4 Å². The smallest absolute Gasteiger partial charge is 0.338 e. The molecule has 0 aliphatic heterocycles. The van der Waals surface area contributed by atoms with Gasteiger partial charge in [-0.15, -0.1) is 0 Å². The molecule has 0 atom stereocenters. The van der Waals surface area contributed by atoms with Gasteiger partial charge in [0.25, 0.3) is 5.56 Å². The van der Waals surface area contributed by atoms with Crippen molar-refractivity contribution < 1.29 is 14.6 Å². The van der Waals surface area contributed by atoms with Crippen molar-refractivity contribution in [3.8, 4) is 0 Å². The van der Waals surface area contributed by atoms with Gasteiger partial charge in [-0.3, -0.25) is 4.79 Å². The van der Waals surface area contributed by atoms with Gasteiger partial charge in [-0.25, -0.2) is 4.79 Å². The predicted molar refractivity (Wildman–Crippen MR) is 101 cm³/mol. The van der Waals surface area contributed by atoms with Crippen LogP contribution in [0.15, 0.2) is 9.27 Å². The first-order valence-corrected chi connectivity index (χ1v) is 12.2. The van der Waals surface area contributed by atoms with Gasteiger partial charge in [-0.1, -0.05) is 19.6 Å². The van der Waals surface area contributed by atoms with Crippen LogP contribution in [0.4, 0.5) is 0 Å². The van der Waals surface area contributed by atoms with E-state index in [0.29, 0.717) is 33.4 Å². The van der Waals surface area contributed by atoms with Crippen molar-refractivity contribution in [3.63, 3.8) is 0 Å². The van der Waals surface area contributed by atoms with Gasteiger partial charge in [0.1, 0.15) is 5.52 Å². The fraction of sp³-hybridized carbons (Fsp3) is 0.500. The molecule has 0 bridgehead atoms. The lowest BCUT2D eigenvalue weighted by molar-refractivity contribution is 0.0698. The number of rotatable bonds is 6. The van der Waals surface area contributed by atoms with Crippen molar-refractivity contribution in [1.29, 1.82) is 0 Å². The Morgan fingerprint density at radius 1 is 1.38 bits per heavy atom. The first kappa shape index (κ1) is 18.9. The highest BCUT2D eigenvalue weighted by Gasteiger charge is 2.23. The first-order chi connectivity index (χ1) is 11.0. The Kier molecular flexibility index (Phi) is 5.41. The predicted octanol–water partition coefficient (Wildman–Crippen LogP) is 3.49. The second-order valence-corrected chi connectivity index (χ2v) is 13.6. The third-order valence-corrected chi connectivity index (χ3v) is 6.59. The molecule has 132 valence electrons. The molecule has 2 rings (SSSR count). The van der Waals surface area contributed by atoms with E-state index in [2.05, 4.69) is 40.6 Å². The maximum atomic E-state index is 12.6. The molecule has 0 radical (unpaired) electrons. The van der Waals surface area contributed by atoms with Crippen LogP contribution in [0.5, 0.6) is 0 Å². The first-order valence-electron chi connectivity index (χ1n) is 7.75. The Morgan fingerprint density at radius 2 is 2.00 bits per heavy atom. The van der Waals surface area contributed by atoms with Crippen LogP contribution in [0.2, 0.25) is 25.7 Å². The number of hydrogen-bond donors (Lipinski definition) is 2. The number of nitrogens with one attached hydrogen (secondary N) is 1. The highest BCUT2D eigenvalue weighted by molar-refractivity contribution is 9.10. The van der Waals surface area contributed by atoms with Crippen LogP contribution in [0, 0.1) is 6.92 Å². The van der Waals surface area contributed by atoms with Crippen molar-refractivity contribution in [2.75, 3.05) is 6.61 Å². The Hall–Kier alpha value is -1.38. The summed E-state index contributed by atoms with van der Waals surface area (Å²) in [7, 11) is 0.481. The molecule has 2 aromatic rings. The van der Waals surface area contributed by atoms with Crippen molar-refractivity contribution in [2.45, 2.75) is 39.2 Å². The monoisotopic (exact) mass is 414 g/mol. The summed E-state index contributed by atoms with van der Waals surface area (Å²) in [6.45, 7) is 9.36. The van der Waals surface area contributed by atoms with E-state index in [0.717, 1.165) is 6.04 Å². The van der Waals surface area contributed by atoms with Crippen molar-refractivity contribution in [3.05, 3.63) is 31.8 Å². The van der Waals surface area contributed by atoms with E-state index >= 15 is 0 Å². The number of hydrogen-bond acceptors (Lipinski definition) is 3. The maximum absolute atomic E-state index is 12.6. The maximum Gasteiger partial charge on any atom is 0.338 e. The largest absolute Gasteiger partial charge is 0.478 e. The lowest BCUT2D eigenvalue weighted by Crippen LogP contribution is -2.24. The molecule has 0 spiro atoms. The third kappa shape index (κ3) is 3.65. The van der Waals surface area contributed by atoms with Crippen LogP contribution >= 0.6 is 15.9 Å². The Balaban J connectivity index is 2.46. The zero-order valence-corrected chi connectivity index (χ0v) is 17.2. The fourth-order valence-electron chi connectivity index (χ4n) is 2.56. The van der Waals surface area contributed by atoms with Gasteiger partial charge in [-0.05, 0) is 28.9 Å². The van der Waals surface area contributed by atoms with E-state index in [9.17, 15) is 14.7 Å². The van der Waals surface area contributed by atoms with E-state index < -0.39 is 14.0 Å². The molecule has 0 aliphatic rings. The number of fused-ring (bicyclic) bond motifs is 1. The van der Waals surface area contributed by atoms with Crippen LogP contribution < -0.4 is 5.56 Å². The lowest BCUT2D eigenvalue weighted by Gasteiger charge is -2.17. The summed E-state index contributed by atoms with van der Waals surface area (Å²) in [5, 5.41) is 9.86. The van der Waals surface area contributed by atoms with Crippen LogP contribution in [0.1, 0.15) is 21.7 Å². The summed E-state index contributed by atoms with van der Waals surface area (Å²) >= 11 is 3.48. The number of H-pyrrole nitrogens is 1. The van der Waals surface area contributed by atoms with Gasteiger partial charge >= 0.3 is 5.97 Å². The van der Waals surface area contributed by atoms with Crippen molar-refractivity contribution in [1.82, 2.24) is 9.55 Å². The highest BCUT2D eigenvalue weighted by atomic mass is 79.9. The number of aromatic amines is 1. The molecule has 2 aromatic heterocycles. The fourth-order valence-corrected chi connectivity index (χ4v) is 4.10. The zero-order chi connectivity index (χ0) is 18.2. The minimum atomic E-state index is -1.19. The molecule has 2 N–H and O–H groups in total. The number of carboxylic acids is 1. The molecule has 0 aromatic carbocycles. The molecule has 0 unspecified atom stereocenters. The summed E-state index contributed by atoms with van der Waals surface area (Å²) in [5.41, 5.74) is 1.27. The number of aryl methyl sites for hydroxylation is 1. The minimum absolute atomic E-state index is 0.123. The van der Waals surface area contributed by atoms with Gasteiger partial charge in [0.2, 0.25) is 0 Å². The molecule has 0 fully saturated rings. The van der Waals surface area contributed by atoms with Crippen LogP contribution in [0.25, 0.3) is 10.9 Å². The molecule has 8 heteroatoms. The Morgan fingerprint density at radius 3 is 2.54 bits per heavy atom. The quantitative estimate of drug-likeness (QED) is 0.559. The molecule has 2 heterocycles. The minimum Gasteiger partial charge on any atom is -0.478 e. The number of halogens is 1. The summed E-state index contributed by atoms with van der Waals surface area (Å²) in [6.07, 6.45) is 0. The Bertz CT molecular complexity index is 849. The number of carbonyl (C=O) groups is 1. The summed E-state index contributed by atoms with van der Waals surface area (Å²) in [4.78, 5) is 27.0. The van der Waals surface area contributed by atoms with Crippen molar-refractivity contribution >= 4 is 40.9 Å². The van der Waals surface area contributed by atoms with Gasteiger partial charge in [0.15, 0.2) is 0 Å². The number of aromatic carboxylic acids is 1. The summed E-state index contributed by atoms with van der Waals surface area (Å²) in [5.74, 6) is -1.06. The average Bonchev–Trinajstić information content (AvgIpc) is 2.81. The van der Waals surface area contributed by atoms with Crippen LogP contribution in [-0.2, 0) is 18.4 Å². The van der Waals surface area contributed by atoms with Crippen molar-refractivity contribution in [2.24, 2.45) is 7.05 Å². The van der Waals surface area contributed by atoms with E-state index in [1.54, 1.807) is 14.0 Å². The van der Waals surface area contributed by atoms with E-state index in [1.807, 2.05) is 0 Å². The number of pyridine rings is 1. The molecular formula is C16H23BrN2O4Si. The van der Waals surface area contributed by atoms with E-state index in [4.69, 9.17) is 4.74 Å². The molecule has 0 aliphatic carbocycles. The van der Waals surface area contributed by atoms with E-state index in [1.165, 1.54) is 4.57 Å². The topological polar surface area (TPSA) is 84.3 Å². The van der Waals surface area contributed by atoms with Gasteiger partial charge in [0.05, 0.1) is 17.9 Å². The molecular weight excluding hydrogens is 392 g/mol. The second-order valence-electron chi connectivity index (χ2n) is 7.17. The van der Waals surface area contributed by atoms with Gasteiger partial charge in [-0.2, -0.15) is 0 Å². The molecule has 0 saturated heterocycles. The number of aromatic nitrogens is 2. The number of carboxylic acid groups (broad SMARTS) is 1. The normalized spacial score (nSPS) is 12.1.